The van der Waals surface area contributed by atoms with Crippen LogP contribution < -0.4 is 5.32 Å². The van der Waals surface area contributed by atoms with Gasteiger partial charge in [-0.05, 0) is 30.3 Å². The molecule has 0 fully saturated rings. The normalized spacial score (nSPS) is 10.0. The number of nitrogens with one attached hydrogen (secondary N) is 1. The zero-order valence-electron chi connectivity index (χ0n) is 10.9. The first-order valence-electron chi connectivity index (χ1n) is 6.29. The van der Waals surface area contributed by atoms with Crippen molar-refractivity contribution in [2.24, 2.45) is 0 Å². The summed E-state index contributed by atoms with van der Waals surface area (Å²) in [6.45, 7) is 0. The van der Waals surface area contributed by atoms with Crippen LogP contribution >= 0.6 is 0 Å². The van der Waals surface area contributed by atoms with Gasteiger partial charge in [0.25, 0.3) is 5.91 Å². The van der Waals surface area contributed by atoms with Crippen molar-refractivity contribution in [3.63, 3.8) is 0 Å². The second-order valence-corrected chi connectivity index (χ2v) is 4.37. The molecule has 0 saturated carbocycles. The van der Waals surface area contributed by atoms with Crippen LogP contribution in [0.25, 0.3) is 10.9 Å². The van der Waals surface area contributed by atoms with Crippen LogP contribution in [0.5, 0.6) is 0 Å². The van der Waals surface area contributed by atoms with Gasteiger partial charge < -0.3 is 5.32 Å². The van der Waals surface area contributed by atoms with Gasteiger partial charge in [-0.15, -0.1) is 0 Å². The van der Waals surface area contributed by atoms with E-state index < -0.39 is 0 Å². The fourth-order valence-electron chi connectivity index (χ4n) is 2.02. The number of nitrogens with zero attached hydrogens (tertiary/aromatic N) is 3. The van der Waals surface area contributed by atoms with E-state index in [1.165, 1.54) is 6.20 Å². The Hall–Kier alpha value is -3.26. The first kappa shape index (κ1) is 12.8. The van der Waals surface area contributed by atoms with Gasteiger partial charge in [0, 0.05) is 23.3 Å². The van der Waals surface area contributed by atoms with Crippen molar-refractivity contribution in [1.29, 1.82) is 5.26 Å². The van der Waals surface area contributed by atoms with E-state index in [4.69, 9.17) is 5.26 Å². The minimum atomic E-state index is -0.259. The molecule has 2 heterocycles. The topological polar surface area (TPSA) is 78.7 Å². The van der Waals surface area contributed by atoms with E-state index in [-0.39, 0.29) is 5.91 Å². The fraction of sp³-hybridized carbons (Fsp3) is 0. The molecule has 1 amide bonds. The molecule has 0 aliphatic carbocycles. The molecule has 1 N–H and O–H groups in total. The zero-order valence-corrected chi connectivity index (χ0v) is 10.9. The summed E-state index contributed by atoms with van der Waals surface area (Å²) in [5.74, 6) is 0.144. The molecule has 3 rings (SSSR count). The summed E-state index contributed by atoms with van der Waals surface area (Å²) < 4.78 is 0. The van der Waals surface area contributed by atoms with Crippen molar-refractivity contribution in [1.82, 2.24) is 9.97 Å². The molecule has 0 atom stereocenters. The van der Waals surface area contributed by atoms with Gasteiger partial charge in [0.15, 0.2) is 0 Å². The summed E-state index contributed by atoms with van der Waals surface area (Å²) in [6, 6.07) is 14.2. The first-order chi connectivity index (χ1) is 10.3. The molecular formula is C16H10N4O. The third-order valence-corrected chi connectivity index (χ3v) is 3.02. The highest BCUT2D eigenvalue weighted by Crippen LogP contribution is 2.17. The maximum absolute atomic E-state index is 12.3. The number of anilines is 1. The molecule has 0 spiro atoms. The lowest BCUT2D eigenvalue weighted by Crippen LogP contribution is -2.13. The van der Waals surface area contributed by atoms with Crippen LogP contribution in [-0.4, -0.2) is 15.9 Å². The third kappa shape index (κ3) is 2.55. The van der Waals surface area contributed by atoms with Gasteiger partial charge >= 0.3 is 0 Å². The van der Waals surface area contributed by atoms with Crippen LogP contribution in [0, 0.1) is 11.3 Å². The van der Waals surface area contributed by atoms with Crippen molar-refractivity contribution in [2.45, 2.75) is 0 Å². The monoisotopic (exact) mass is 274 g/mol. The molecule has 5 heteroatoms. The minimum Gasteiger partial charge on any atom is -0.307 e. The predicted octanol–water partition coefficient (Wildman–Crippen LogP) is 2.75. The van der Waals surface area contributed by atoms with Crippen LogP contribution in [0.4, 0.5) is 5.82 Å². The summed E-state index contributed by atoms with van der Waals surface area (Å²) >= 11 is 0. The van der Waals surface area contributed by atoms with Crippen LogP contribution in [0.1, 0.15) is 15.9 Å². The van der Waals surface area contributed by atoms with E-state index in [2.05, 4.69) is 15.3 Å². The standard InChI is InChI=1S/C16H10N4O/c17-9-11-6-7-15(19-10-11)20-16(21)13-3-1-5-14-12(13)4-2-8-18-14/h1-8,10H,(H,19,20,21). The second-order valence-electron chi connectivity index (χ2n) is 4.37. The maximum atomic E-state index is 12.3. The molecule has 3 aromatic rings. The van der Waals surface area contributed by atoms with Crippen LogP contribution in [0.15, 0.2) is 54.9 Å². The Morgan fingerprint density at radius 3 is 2.76 bits per heavy atom. The number of pyridine rings is 2. The highest BCUT2D eigenvalue weighted by Gasteiger charge is 2.10. The Labute approximate surface area is 120 Å². The zero-order chi connectivity index (χ0) is 14.7. The Balaban J connectivity index is 1.92. The lowest BCUT2D eigenvalue weighted by atomic mass is 10.1. The number of aromatic nitrogens is 2. The third-order valence-electron chi connectivity index (χ3n) is 3.02. The molecule has 100 valence electrons. The molecular weight excluding hydrogens is 264 g/mol. The van der Waals surface area contributed by atoms with Crippen molar-refractivity contribution in [3.05, 3.63) is 66.0 Å². The summed E-state index contributed by atoms with van der Waals surface area (Å²) in [5.41, 5.74) is 1.74. The fourth-order valence-corrected chi connectivity index (χ4v) is 2.02. The quantitative estimate of drug-likeness (QED) is 0.779. The van der Waals surface area contributed by atoms with Gasteiger partial charge in [-0.2, -0.15) is 5.26 Å². The lowest BCUT2D eigenvalue weighted by molar-refractivity contribution is 0.102. The Morgan fingerprint density at radius 1 is 1.10 bits per heavy atom. The maximum Gasteiger partial charge on any atom is 0.257 e. The second kappa shape index (κ2) is 5.39. The highest BCUT2D eigenvalue weighted by atomic mass is 16.1. The number of benzene rings is 1. The number of carbonyl (C=O) groups is 1. The van der Waals surface area contributed by atoms with Gasteiger partial charge in [0.05, 0.1) is 11.1 Å². The average Bonchev–Trinajstić information content (AvgIpc) is 2.55. The molecule has 0 aliphatic rings. The van der Waals surface area contributed by atoms with E-state index in [1.807, 2.05) is 18.2 Å². The molecule has 0 unspecified atom stereocenters. The highest BCUT2D eigenvalue weighted by molar-refractivity contribution is 6.12. The SMILES string of the molecule is N#Cc1ccc(NC(=O)c2cccc3ncccc23)nc1. The van der Waals surface area contributed by atoms with Crippen molar-refractivity contribution in [2.75, 3.05) is 5.32 Å². The van der Waals surface area contributed by atoms with E-state index in [9.17, 15) is 4.79 Å². The predicted molar refractivity (Wildman–Crippen MR) is 78.6 cm³/mol. The van der Waals surface area contributed by atoms with Crippen molar-refractivity contribution in [3.8, 4) is 6.07 Å². The number of rotatable bonds is 2. The number of hydrogen-bond acceptors (Lipinski definition) is 4. The number of fused-ring (bicyclic) bond motifs is 1. The van der Waals surface area contributed by atoms with Crippen LogP contribution in [0.3, 0.4) is 0 Å². The van der Waals surface area contributed by atoms with Crippen molar-refractivity contribution < 1.29 is 4.79 Å². The van der Waals surface area contributed by atoms with E-state index >= 15 is 0 Å². The summed E-state index contributed by atoms with van der Waals surface area (Å²) in [4.78, 5) is 20.6. The molecule has 1 aromatic carbocycles. The van der Waals surface area contributed by atoms with E-state index in [0.717, 1.165) is 10.9 Å². The number of nitriles is 1. The van der Waals surface area contributed by atoms with Gasteiger partial charge in [0.1, 0.15) is 11.9 Å². The number of carbonyl (C=O) groups excluding carboxylic acids is 1. The van der Waals surface area contributed by atoms with Crippen LogP contribution in [0.2, 0.25) is 0 Å². The smallest absolute Gasteiger partial charge is 0.257 e. The van der Waals surface area contributed by atoms with E-state index in [0.29, 0.717) is 16.9 Å². The Morgan fingerprint density at radius 2 is 2.00 bits per heavy atom. The minimum absolute atomic E-state index is 0.259. The summed E-state index contributed by atoms with van der Waals surface area (Å²) in [6.07, 6.45) is 3.10. The average molecular weight is 274 g/mol. The molecule has 0 bridgehead atoms. The number of amides is 1. The largest absolute Gasteiger partial charge is 0.307 e. The summed E-state index contributed by atoms with van der Waals surface area (Å²) in [5, 5.41) is 12.2. The van der Waals surface area contributed by atoms with Crippen molar-refractivity contribution >= 4 is 22.6 Å². The summed E-state index contributed by atoms with van der Waals surface area (Å²) in [7, 11) is 0. The van der Waals surface area contributed by atoms with Gasteiger partial charge in [-0.3, -0.25) is 9.78 Å². The number of hydrogen-bond donors (Lipinski definition) is 1. The molecule has 0 radical (unpaired) electrons. The molecule has 0 saturated heterocycles. The van der Waals surface area contributed by atoms with Gasteiger partial charge in [-0.25, -0.2) is 4.98 Å². The van der Waals surface area contributed by atoms with Gasteiger partial charge in [-0.1, -0.05) is 12.1 Å². The van der Waals surface area contributed by atoms with Gasteiger partial charge in [0.2, 0.25) is 0 Å². The Bertz CT molecular complexity index is 845. The van der Waals surface area contributed by atoms with Crippen LogP contribution in [-0.2, 0) is 0 Å². The molecule has 0 aliphatic heterocycles. The molecule has 2 aromatic heterocycles. The molecule has 5 nitrogen and oxygen atoms in total. The Kier molecular flexibility index (Phi) is 3.27. The molecule has 21 heavy (non-hydrogen) atoms. The lowest BCUT2D eigenvalue weighted by Gasteiger charge is -2.07. The van der Waals surface area contributed by atoms with E-state index in [1.54, 1.807) is 36.5 Å². The first-order valence-corrected chi connectivity index (χ1v) is 6.29.